The van der Waals surface area contributed by atoms with Gasteiger partial charge in [0.15, 0.2) is 0 Å². The second-order valence-electron chi connectivity index (χ2n) is 3.10. The standard InChI is InChI=1S/C8H9N3O4/c12-6-4-5(9-8(14)10-6)7(13)11-2-1-3-15-11/h4H,1-3H2,(H2,9,10,12,14). The Balaban J connectivity index is 2.32. The quantitative estimate of drug-likeness (QED) is 0.612. The van der Waals surface area contributed by atoms with Crippen molar-refractivity contribution in [2.75, 3.05) is 13.2 Å². The van der Waals surface area contributed by atoms with Crippen LogP contribution in [-0.4, -0.2) is 34.1 Å². The molecule has 1 aliphatic rings. The zero-order valence-electron chi connectivity index (χ0n) is 7.78. The molecule has 1 fully saturated rings. The van der Waals surface area contributed by atoms with Gasteiger partial charge in [-0.3, -0.25) is 19.4 Å². The van der Waals surface area contributed by atoms with Crippen molar-refractivity contribution in [3.63, 3.8) is 0 Å². The number of amides is 1. The van der Waals surface area contributed by atoms with E-state index in [0.29, 0.717) is 13.2 Å². The number of nitrogens with zero attached hydrogens (tertiary/aromatic N) is 1. The van der Waals surface area contributed by atoms with Crippen molar-refractivity contribution in [2.24, 2.45) is 0 Å². The van der Waals surface area contributed by atoms with Gasteiger partial charge in [-0.25, -0.2) is 9.86 Å². The van der Waals surface area contributed by atoms with Crippen molar-refractivity contribution in [3.8, 4) is 0 Å². The van der Waals surface area contributed by atoms with Gasteiger partial charge in [0.05, 0.1) is 13.2 Å². The maximum Gasteiger partial charge on any atom is 0.326 e. The zero-order valence-corrected chi connectivity index (χ0v) is 7.78. The minimum atomic E-state index is -0.704. The third-order valence-corrected chi connectivity index (χ3v) is 1.97. The van der Waals surface area contributed by atoms with Crippen LogP contribution in [0.5, 0.6) is 0 Å². The number of hydrogen-bond donors (Lipinski definition) is 2. The molecule has 15 heavy (non-hydrogen) atoms. The van der Waals surface area contributed by atoms with E-state index in [9.17, 15) is 14.4 Å². The SMILES string of the molecule is O=C(c1cc(=O)[nH]c(=O)[nH]1)N1CCCO1. The molecule has 0 saturated carbocycles. The summed E-state index contributed by atoms with van der Waals surface area (Å²) >= 11 is 0. The predicted molar refractivity (Wildman–Crippen MR) is 49.3 cm³/mol. The molecule has 1 aliphatic heterocycles. The van der Waals surface area contributed by atoms with E-state index in [1.807, 2.05) is 4.98 Å². The zero-order chi connectivity index (χ0) is 10.8. The Labute approximate surface area is 83.6 Å². The first-order valence-corrected chi connectivity index (χ1v) is 4.45. The Morgan fingerprint density at radius 2 is 2.20 bits per heavy atom. The van der Waals surface area contributed by atoms with Gasteiger partial charge in [0.2, 0.25) is 0 Å². The van der Waals surface area contributed by atoms with Crippen molar-refractivity contribution in [3.05, 3.63) is 32.6 Å². The van der Waals surface area contributed by atoms with Crippen LogP contribution < -0.4 is 11.2 Å². The molecule has 0 bridgehead atoms. The number of aromatic nitrogens is 2. The van der Waals surface area contributed by atoms with E-state index in [1.165, 1.54) is 0 Å². The second-order valence-corrected chi connectivity index (χ2v) is 3.10. The number of rotatable bonds is 1. The van der Waals surface area contributed by atoms with Crippen LogP contribution in [0.3, 0.4) is 0 Å². The van der Waals surface area contributed by atoms with Crippen molar-refractivity contribution in [1.29, 1.82) is 0 Å². The van der Waals surface area contributed by atoms with E-state index in [-0.39, 0.29) is 5.69 Å². The van der Waals surface area contributed by atoms with Crippen molar-refractivity contribution >= 4 is 5.91 Å². The fraction of sp³-hybridized carbons (Fsp3) is 0.375. The monoisotopic (exact) mass is 211 g/mol. The normalized spacial score (nSPS) is 15.6. The highest BCUT2D eigenvalue weighted by molar-refractivity contribution is 5.91. The van der Waals surface area contributed by atoms with Gasteiger partial charge in [-0.15, -0.1) is 0 Å². The largest absolute Gasteiger partial charge is 0.326 e. The van der Waals surface area contributed by atoms with Crippen LogP contribution >= 0.6 is 0 Å². The molecule has 1 aromatic heterocycles. The molecule has 7 heteroatoms. The van der Waals surface area contributed by atoms with E-state index in [1.54, 1.807) is 0 Å². The average Bonchev–Trinajstić information content (AvgIpc) is 2.67. The van der Waals surface area contributed by atoms with Gasteiger partial charge in [0, 0.05) is 6.07 Å². The van der Waals surface area contributed by atoms with Crippen LogP contribution in [0.25, 0.3) is 0 Å². The lowest BCUT2D eigenvalue weighted by Crippen LogP contribution is -2.32. The Morgan fingerprint density at radius 1 is 1.40 bits per heavy atom. The Morgan fingerprint density at radius 3 is 2.80 bits per heavy atom. The molecule has 1 aromatic rings. The van der Waals surface area contributed by atoms with Gasteiger partial charge >= 0.3 is 5.69 Å². The molecule has 1 amide bonds. The number of carbonyl (C=O) groups is 1. The molecule has 0 aromatic carbocycles. The Hall–Kier alpha value is -1.89. The fourth-order valence-electron chi connectivity index (χ4n) is 1.33. The molecule has 2 heterocycles. The number of nitrogens with one attached hydrogen (secondary N) is 2. The summed E-state index contributed by atoms with van der Waals surface area (Å²) in [5.41, 5.74) is -1.38. The summed E-state index contributed by atoms with van der Waals surface area (Å²) in [5, 5.41) is 1.13. The first-order valence-electron chi connectivity index (χ1n) is 4.45. The highest BCUT2D eigenvalue weighted by Gasteiger charge is 2.21. The van der Waals surface area contributed by atoms with Crippen LogP contribution in [0.1, 0.15) is 16.9 Å². The lowest BCUT2D eigenvalue weighted by molar-refractivity contribution is -0.0772. The van der Waals surface area contributed by atoms with Gasteiger partial charge in [0.1, 0.15) is 5.69 Å². The van der Waals surface area contributed by atoms with Crippen LogP contribution in [0.4, 0.5) is 0 Å². The van der Waals surface area contributed by atoms with Crippen molar-refractivity contribution < 1.29 is 9.63 Å². The highest BCUT2D eigenvalue weighted by atomic mass is 16.7. The van der Waals surface area contributed by atoms with Crippen molar-refractivity contribution in [2.45, 2.75) is 6.42 Å². The molecule has 7 nitrogen and oxygen atoms in total. The first kappa shape index (κ1) is 9.66. The Kier molecular flexibility index (Phi) is 2.38. The van der Waals surface area contributed by atoms with Crippen LogP contribution in [0.2, 0.25) is 0 Å². The molecule has 0 radical (unpaired) electrons. The molecule has 0 spiro atoms. The molecule has 2 N–H and O–H groups in total. The van der Waals surface area contributed by atoms with E-state index in [4.69, 9.17) is 4.84 Å². The minimum Gasteiger partial charge on any atom is -0.303 e. The third-order valence-electron chi connectivity index (χ3n) is 1.97. The average molecular weight is 211 g/mol. The number of hydroxylamine groups is 2. The van der Waals surface area contributed by atoms with E-state index in [2.05, 4.69) is 4.98 Å². The van der Waals surface area contributed by atoms with Gasteiger partial charge in [0.25, 0.3) is 11.5 Å². The summed E-state index contributed by atoms with van der Waals surface area (Å²) in [5.74, 6) is -0.504. The molecule has 2 rings (SSSR count). The van der Waals surface area contributed by atoms with E-state index in [0.717, 1.165) is 17.6 Å². The smallest absolute Gasteiger partial charge is 0.303 e. The molecular weight excluding hydrogens is 202 g/mol. The lowest BCUT2D eigenvalue weighted by atomic mass is 10.3. The van der Waals surface area contributed by atoms with Crippen LogP contribution in [-0.2, 0) is 4.84 Å². The number of aromatic amines is 2. The number of H-pyrrole nitrogens is 2. The van der Waals surface area contributed by atoms with E-state index >= 15 is 0 Å². The summed E-state index contributed by atoms with van der Waals surface area (Å²) in [7, 11) is 0. The minimum absolute atomic E-state index is 0.0642. The second kappa shape index (κ2) is 3.70. The number of hydrogen-bond acceptors (Lipinski definition) is 4. The van der Waals surface area contributed by atoms with Gasteiger partial charge in [-0.2, -0.15) is 0 Å². The summed E-state index contributed by atoms with van der Waals surface area (Å²) in [6, 6.07) is 1.03. The van der Waals surface area contributed by atoms with Crippen LogP contribution in [0.15, 0.2) is 15.7 Å². The van der Waals surface area contributed by atoms with Gasteiger partial charge in [-0.1, -0.05) is 0 Å². The maximum atomic E-state index is 11.6. The molecule has 0 aliphatic carbocycles. The molecule has 1 saturated heterocycles. The summed E-state index contributed by atoms with van der Waals surface area (Å²) in [6.45, 7) is 0.937. The predicted octanol–water partition coefficient (Wildman–Crippen LogP) is -1.16. The van der Waals surface area contributed by atoms with Crippen molar-refractivity contribution in [1.82, 2.24) is 15.0 Å². The summed E-state index contributed by atoms with van der Waals surface area (Å²) in [6.07, 6.45) is 0.749. The topological polar surface area (TPSA) is 95.3 Å². The van der Waals surface area contributed by atoms with Gasteiger partial charge in [-0.05, 0) is 6.42 Å². The summed E-state index contributed by atoms with van der Waals surface area (Å²) in [4.78, 5) is 42.7. The highest BCUT2D eigenvalue weighted by Crippen LogP contribution is 2.07. The third kappa shape index (κ3) is 1.96. The fourth-order valence-corrected chi connectivity index (χ4v) is 1.33. The van der Waals surface area contributed by atoms with Crippen LogP contribution in [0, 0.1) is 0 Å². The van der Waals surface area contributed by atoms with Gasteiger partial charge < -0.3 is 4.98 Å². The lowest BCUT2D eigenvalue weighted by Gasteiger charge is -2.12. The molecule has 80 valence electrons. The Bertz CT molecular complexity index is 455. The summed E-state index contributed by atoms with van der Waals surface area (Å²) < 4.78 is 0. The molecule has 0 unspecified atom stereocenters. The molecule has 0 atom stereocenters. The maximum absolute atomic E-state index is 11.6. The first-order chi connectivity index (χ1) is 7.16. The number of carbonyl (C=O) groups excluding carboxylic acids is 1. The van der Waals surface area contributed by atoms with E-state index < -0.39 is 17.2 Å². The molecular formula is C8H9N3O4.